The molecule has 76 valence electrons. The first kappa shape index (κ1) is 10.7. The molecule has 1 N–H and O–H groups in total. The van der Waals surface area contributed by atoms with Crippen LogP contribution in [-0.2, 0) is 11.8 Å². The third-order valence-electron chi connectivity index (χ3n) is 1.66. The van der Waals surface area contributed by atoms with Gasteiger partial charge in [0.1, 0.15) is 5.82 Å². The van der Waals surface area contributed by atoms with E-state index in [-0.39, 0.29) is 12.2 Å². The maximum Gasteiger partial charge on any atom is 0.349 e. The fraction of sp³-hybridized carbons (Fsp3) is 0.375. The number of hydrogen-bond acceptors (Lipinski definition) is 4. The first-order valence-electron chi connectivity index (χ1n) is 3.97. The second-order valence-electron chi connectivity index (χ2n) is 2.87. The van der Waals surface area contributed by atoms with Crippen LogP contribution in [0.3, 0.4) is 0 Å². The minimum atomic E-state index is -0.521. The molecule has 14 heavy (non-hydrogen) atoms. The van der Waals surface area contributed by atoms with Gasteiger partial charge in [-0.25, -0.2) is 4.79 Å². The lowest BCUT2D eigenvalue weighted by Gasteiger charge is -2.06. The molecule has 0 aromatic carbocycles. The minimum Gasteiger partial charge on any atom is -0.361 e. The maximum atomic E-state index is 11.1. The van der Waals surface area contributed by atoms with E-state index in [9.17, 15) is 9.59 Å². The zero-order chi connectivity index (χ0) is 10.7. The van der Waals surface area contributed by atoms with Gasteiger partial charge in [0.2, 0.25) is 5.24 Å². The molecule has 0 saturated carbocycles. The van der Waals surface area contributed by atoms with Crippen LogP contribution in [0.15, 0.2) is 11.0 Å². The molecule has 0 aliphatic heterocycles. The molecule has 0 atom stereocenters. The summed E-state index contributed by atoms with van der Waals surface area (Å²) in [6.07, 6.45) is 1.64. The number of nitrogens with zero attached hydrogens (tertiary/aromatic N) is 2. The topological polar surface area (TPSA) is 64.0 Å². The Kier molecular flexibility index (Phi) is 3.24. The lowest BCUT2D eigenvalue weighted by molar-refractivity contribution is -0.110. The van der Waals surface area contributed by atoms with Gasteiger partial charge in [0, 0.05) is 18.8 Å². The number of carbonyl (C=O) groups is 1. The molecule has 0 unspecified atom stereocenters. The Morgan fingerprint density at radius 2 is 2.36 bits per heavy atom. The smallest absolute Gasteiger partial charge is 0.349 e. The first-order chi connectivity index (χ1) is 6.50. The highest BCUT2D eigenvalue weighted by molar-refractivity contribution is 6.64. The van der Waals surface area contributed by atoms with E-state index in [0.29, 0.717) is 5.82 Å². The summed E-state index contributed by atoms with van der Waals surface area (Å²) in [5.74, 6) is 0.391. The third-order valence-corrected chi connectivity index (χ3v) is 1.80. The van der Waals surface area contributed by atoms with Crippen molar-refractivity contribution in [3.63, 3.8) is 0 Å². The lowest BCUT2D eigenvalue weighted by Crippen LogP contribution is -2.23. The van der Waals surface area contributed by atoms with Gasteiger partial charge < -0.3 is 9.88 Å². The molecule has 0 radical (unpaired) electrons. The standard InChI is InChI=1S/C8H10ClN3O2/c1-5-4-12(2)8(14)11-7(5)10-3-6(9)13/h4H,3H2,1-2H3,(H,10,11,14). The van der Waals surface area contributed by atoms with Gasteiger partial charge in [-0.2, -0.15) is 4.98 Å². The molecule has 0 fully saturated rings. The Morgan fingerprint density at radius 1 is 1.71 bits per heavy atom. The fourth-order valence-corrected chi connectivity index (χ4v) is 1.07. The molecule has 5 nitrogen and oxygen atoms in total. The summed E-state index contributed by atoms with van der Waals surface area (Å²) >= 11 is 5.14. The Bertz CT molecular complexity index is 414. The zero-order valence-corrected chi connectivity index (χ0v) is 8.63. The van der Waals surface area contributed by atoms with Crippen molar-refractivity contribution >= 4 is 22.7 Å². The minimum absolute atomic E-state index is 0.0391. The molecule has 1 rings (SSSR count). The van der Waals surface area contributed by atoms with Gasteiger partial charge in [-0.05, 0) is 18.5 Å². The van der Waals surface area contributed by atoms with Crippen molar-refractivity contribution in [3.05, 3.63) is 22.2 Å². The molecule has 0 spiro atoms. The number of nitrogens with one attached hydrogen (secondary N) is 1. The monoisotopic (exact) mass is 215 g/mol. The molecule has 1 aromatic rings. The predicted molar refractivity (Wildman–Crippen MR) is 53.6 cm³/mol. The summed E-state index contributed by atoms with van der Waals surface area (Å²) in [6.45, 7) is 1.75. The Hall–Kier alpha value is -1.36. The van der Waals surface area contributed by atoms with E-state index in [1.54, 1.807) is 20.2 Å². The second kappa shape index (κ2) is 4.23. The van der Waals surface area contributed by atoms with Crippen LogP contribution in [0.5, 0.6) is 0 Å². The molecular weight excluding hydrogens is 206 g/mol. The van der Waals surface area contributed by atoms with Gasteiger partial charge in [0.15, 0.2) is 0 Å². The van der Waals surface area contributed by atoms with E-state index in [1.807, 2.05) is 0 Å². The third kappa shape index (κ3) is 2.56. The van der Waals surface area contributed by atoms with E-state index in [0.717, 1.165) is 5.56 Å². The van der Waals surface area contributed by atoms with E-state index in [4.69, 9.17) is 11.6 Å². The van der Waals surface area contributed by atoms with E-state index in [1.165, 1.54) is 4.57 Å². The highest BCUT2D eigenvalue weighted by Crippen LogP contribution is 2.06. The molecule has 0 aliphatic carbocycles. The number of hydrogen-bond donors (Lipinski definition) is 1. The Balaban J connectivity index is 2.93. The Labute approximate surface area is 85.7 Å². The maximum absolute atomic E-state index is 11.1. The van der Waals surface area contributed by atoms with Crippen molar-refractivity contribution in [1.29, 1.82) is 0 Å². The summed E-state index contributed by atoms with van der Waals surface area (Å²) in [6, 6.07) is 0. The zero-order valence-electron chi connectivity index (χ0n) is 7.87. The fourth-order valence-electron chi connectivity index (χ4n) is 1.00. The molecule has 0 amide bonds. The van der Waals surface area contributed by atoms with Crippen molar-refractivity contribution in [1.82, 2.24) is 9.55 Å². The van der Waals surface area contributed by atoms with Crippen LogP contribution in [0, 0.1) is 6.92 Å². The molecule has 6 heteroatoms. The van der Waals surface area contributed by atoms with Gasteiger partial charge in [-0.3, -0.25) is 4.79 Å². The molecule has 1 aromatic heterocycles. The summed E-state index contributed by atoms with van der Waals surface area (Å²) in [5.41, 5.74) is 0.408. The largest absolute Gasteiger partial charge is 0.361 e. The number of rotatable bonds is 3. The van der Waals surface area contributed by atoms with E-state index >= 15 is 0 Å². The highest BCUT2D eigenvalue weighted by Gasteiger charge is 2.03. The molecule has 0 bridgehead atoms. The van der Waals surface area contributed by atoms with Crippen LogP contribution >= 0.6 is 11.6 Å². The second-order valence-corrected chi connectivity index (χ2v) is 3.30. The van der Waals surface area contributed by atoms with Gasteiger partial charge >= 0.3 is 5.69 Å². The predicted octanol–water partition coefficient (Wildman–Crippen LogP) is 0.266. The van der Waals surface area contributed by atoms with Gasteiger partial charge in [0.05, 0.1) is 6.54 Å². The van der Waals surface area contributed by atoms with E-state index < -0.39 is 5.24 Å². The SMILES string of the molecule is Cc1cn(C)c(=O)nc1NCC(=O)Cl. The van der Waals surface area contributed by atoms with Crippen LogP contribution in [0.1, 0.15) is 5.56 Å². The van der Waals surface area contributed by atoms with Crippen molar-refractivity contribution in [2.24, 2.45) is 7.05 Å². The van der Waals surface area contributed by atoms with Gasteiger partial charge in [-0.1, -0.05) is 0 Å². The summed E-state index contributed by atoms with van der Waals surface area (Å²) in [7, 11) is 1.61. The average Bonchev–Trinajstić information content (AvgIpc) is 2.09. The summed E-state index contributed by atoms with van der Waals surface area (Å²) in [4.78, 5) is 25.3. The average molecular weight is 216 g/mol. The van der Waals surface area contributed by atoms with Crippen molar-refractivity contribution in [2.75, 3.05) is 11.9 Å². The molecule has 1 heterocycles. The van der Waals surface area contributed by atoms with Crippen molar-refractivity contribution in [3.8, 4) is 0 Å². The summed E-state index contributed by atoms with van der Waals surface area (Å²) in [5, 5.41) is 2.15. The van der Waals surface area contributed by atoms with E-state index in [2.05, 4.69) is 10.3 Å². The highest BCUT2D eigenvalue weighted by atomic mass is 35.5. The van der Waals surface area contributed by atoms with Crippen molar-refractivity contribution < 1.29 is 4.79 Å². The molecular formula is C8H10ClN3O2. The number of halogens is 1. The summed E-state index contributed by atoms with van der Waals surface area (Å²) < 4.78 is 1.36. The number of carbonyl (C=O) groups excluding carboxylic acids is 1. The number of aromatic nitrogens is 2. The van der Waals surface area contributed by atoms with Crippen LogP contribution in [0.25, 0.3) is 0 Å². The molecule has 0 aliphatic rings. The molecule has 0 saturated heterocycles. The van der Waals surface area contributed by atoms with Crippen LogP contribution in [0.4, 0.5) is 5.82 Å². The number of aryl methyl sites for hydroxylation is 2. The normalized spacial score (nSPS) is 9.93. The van der Waals surface area contributed by atoms with Gasteiger partial charge in [0.25, 0.3) is 0 Å². The Morgan fingerprint density at radius 3 is 2.93 bits per heavy atom. The number of anilines is 1. The van der Waals surface area contributed by atoms with Gasteiger partial charge in [-0.15, -0.1) is 0 Å². The van der Waals surface area contributed by atoms with Crippen molar-refractivity contribution in [2.45, 2.75) is 6.92 Å². The first-order valence-corrected chi connectivity index (χ1v) is 4.35. The van der Waals surface area contributed by atoms with Crippen LogP contribution in [-0.4, -0.2) is 21.3 Å². The van der Waals surface area contributed by atoms with Crippen LogP contribution < -0.4 is 11.0 Å². The van der Waals surface area contributed by atoms with Crippen LogP contribution in [0.2, 0.25) is 0 Å². The lowest BCUT2D eigenvalue weighted by atomic mass is 10.3. The quantitative estimate of drug-likeness (QED) is 0.735.